The summed E-state index contributed by atoms with van der Waals surface area (Å²) in [6.45, 7) is 0.556. The Hall–Kier alpha value is -1.79. The molecular formula is C13H13FN2O2S. The highest BCUT2D eigenvalue weighted by molar-refractivity contribution is 7.14. The molecule has 1 heterocycles. The van der Waals surface area contributed by atoms with E-state index in [4.69, 9.17) is 0 Å². The van der Waals surface area contributed by atoms with Gasteiger partial charge >= 0.3 is 5.97 Å². The number of halogens is 1. The van der Waals surface area contributed by atoms with E-state index < -0.39 is 11.8 Å². The van der Waals surface area contributed by atoms with Crippen molar-refractivity contribution in [3.8, 4) is 11.3 Å². The maximum Gasteiger partial charge on any atom is 0.348 e. The third kappa shape index (κ3) is 3.15. The molecule has 2 aromatic rings. The lowest BCUT2D eigenvalue weighted by Gasteiger charge is -2.04. The minimum Gasteiger partial charge on any atom is -0.477 e. The van der Waals surface area contributed by atoms with Crippen molar-refractivity contribution in [2.24, 2.45) is 0 Å². The van der Waals surface area contributed by atoms with Gasteiger partial charge in [0, 0.05) is 12.1 Å². The molecular weight excluding hydrogens is 267 g/mol. The summed E-state index contributed by atoms with van der Waals surface area (Å²) in [5.41, 5.74) is 0.813. The van der Waals surface area contributed by atoms with E-state index in [1.54, 1.807) is 12.1 Å². The molecule has 0 unspecified atom stereocenters. The van der Waals surface area contributed by atoms with Crippen molar-refractivity contribution in [3.63, 3.8) is 0 Å². The molecule has 1 N–H and O–H groups in total. The topological polar surface area (TPSA) is 53.4 Å². The lowest BCUT2D eigenvalue weighted by molar-refractivity contribution is 0.0702. The minimum absolute atomic E-state index is 0.141. The van der Waals surface area contributed by atoms with Crippen LogP contribution in [-0.2, 0) is 6.54 Å². The maximum absolute atomic E-state index is 13.2. The van der Waals surface area contributed by atoms with E-state index in [9.17, 15) is 14.3 Å². The van der Waals surface area contributed by atoms with Gasteiger partial charge in [0.2, 0.25) is 0 Å². The molecule has 0 aliphatic heterocycles. The summed E-state index contributed by atoms with van der Waals surface area (Å²) in [6, 6.07) is 5.81. The summed E-state index contributed by atoms with van der Waals surface area (Å²) >= 11 is 1.12. The van der Waals surface area contributed by atoms with Crippen molar-refractivity contribution in [1.29, 1.82) is 0 Å². The van der Waals surface area contributed by atoms with Crippen molar-refractivity contribution in [2.45, 2.75) is 6.54 Å². The van der Waals surface area contributed by atoms with Crippen LogP contribution in [0.2, 0.25) is 0 Å². The third-order valence-electron chi connectivity index (χ3n) is 2.42. The maximum atomic E-state index is 13.2. The molecule has 6 heteroatoms. The molecule has 1 aromatic carbocycles. The molecule has 4 nitrogen and oxygen atoms in total. The molecule has 0 aliphatic carbocycles. The predicted octanol–water partition coefficient (Wildman–Crippen LogP) is 2.71. The van der Waals surface area contributed by atoms with Crippen LogP contribution in [0, 0.1) is 5.82 Å². The summed E-state index contributed by atoms with van der Waals surface area (Å²) in [5, 5.41) is 9.90. The zero-order valence-corrected chi connectivity index (χ0v) is 11.4. The van der Waals surface area contributed by atoms with E-state index in [2.05, 4.69) is 4.98 Å². The number of aromatic nitrogens is 1. The molecule has 100 valence electrons. The van der Waals surface area contributed by atoms with Crippen LogP contribution < -0.4 is 0 Å². The van der Waals surface area contributed by atoms with E-state index in [1.807, 2.05) is 19.0 Å². The number of aromatic carboxylic acids is 1. The highest BCUT2D eigenvalue weighted by Gasteiger charge is 2.19. The van der Waals surface area contributed by atoms with Gasteiger partial charge < -0.3 is 10.0 Å². The van der Waals surface area contributed by atoms with E-state index in [0.717, 1.165) is 11.3 Å². The van der Waals surface area contributed by atoms with Crippen LogP contribution in [0.4, 0.5) is 4.39 Å². The Morgan fingerprint density at radius 1 is 1.47 bits per heavy atom. The number of carbonyl (C=O) groups is 1. The first-order valence-corrected chi connectivity index (χ1v) is 6.42. The van der Waals surface area contributed by atoms with Gasteiger partial charge in [-0.25, -0.2) is 14.2 Å². The first-order chi connectivity index (χ1) is 8.97. The summed E-state index contributed by atoms with van der Waals surface area (Å²) < 4.78 is 13.2. The average Bonchev–Trinajstić information content (AvgIpc) is 2.72. The molecule has 0 saturated heterocycles. The molecule has 0 aliphatic rings. The Morgan fingerprint density at radius 3 is 2.79 bits per heavy atom. The molecule has 0 fully saturated rings. The number of carboxylic acids is 1. The fourth-order valence-corrected chi connectivity index (χ4v) is 2.72. The lowest BCUT2D eigenvalue weighted by Crippen LogP contribution is -2.10. The van der Waals surface area contributed by atoms with Gasteiger partial charge in [-0.2, -0.15) is 0 Å². The fourth-order valence-electron chi connectivity index (χ4n) is 1.68. The second-order valence-corrected chi connectivity index (χ2v) is 5.42. The van der Waals surface area contributed by atoms with Crippen LogP contribution in [-0.4, -0.2) is 35.1 Å². The molecule has 2 rings (SSSR count). The van der Waals surface area contributed by atoms with Crippen molar-refractivity contribution >= 4 is 17.3 Å². The smallest absolute Gasteiger partial charge is 0.348 e. The third-order valence-corrected chi connectivity index (χ3v) is 3.44. The van der Waals surface area contributed by atoms with Crippen molar-refractivity contribution < 1.29 is 14.3 Å². The monoisotopic (exact) mass is 280 g/mol. The van der Waals surface area contributed by atoms with Crippen LogP contribution in [0.25, 0.3) is 11.3 Å². The predicted molar refractivity (Wildman–Crippen MR) is 71.9 cm³/mol. The summed E-state index contributed by atoms with van der Waals surface area (Å²) in [6.07, 6.45) is 0. The van der Waals surface area contributed by atoms with Crippen molar-refractivity contribution in [1.82, 2.24) is 9.88 Å². The van der Waals surface area contributed by atoms with E-state index in [0.29, 0.717) is 22.8 Å². The number of carboxylic acid groups (broad SMARTS) is 1. The zero-order valence-electron chi connectivity index (χ0n) is 10.6. The Labute approximate surface area is 114 Å². The first kappa shape index (κ1) is 13.6. The zero-order chi connectivity index (χ0) is 14.0. The van der Waals surface area contributed by atoms with Gasteiger partial charge in [0.25, 0.3) is 0 Å². The Kier molecular flexibility index (Phi) is 3.92. The molecule has 0 amide bonds. The summed E-state index contributed by atoms with van der Waals surface area (Å²) in [7, 11) is 3.76. The van der Waals surface area contributed by atoms with Gasteiger partial charge in [0.05, 0.1) is 5.69 Å². The number of hydrogen-bond donors (Lipinski definition) is 1. The second-order valence-electron chi connectivity index (χ2n) is 4.34. The van der Waals surface area contributed by atoms with Crippen molar-refractivity contribution in [2.75, 3.05) is 14.1 Å². The summed E-state index contributed by atoms with van der Waals surface area (Å²) in [4.78, 5) is 17.6. The second kappa shape index (κ2) is 5.46. The van der Waals surface area contributed by atoms with Crippen molar-refractivity contribution in [3.05, 3.63) is 40.0 Å². The van der Waals surface area contributed by atoms with Gasteiger partial charge in [-0.3, -0.25) is 0 Å². The number of nitrogens with zero attached hydrogens (tertiary/aromatic N) is 2. The number of benzene rings is 1. The van der Waals surface area contributed by atoms with Crippen LogP contribution in [0.3, 0.4) is 0 Å². The first-order valence-electron chi connectivity index (χ1n) is 5.61. The molecule has 0 saturated carbocycles. The van der Waals surface area contributed by atoms with Crippen LogP contribution in [0.1, 0.15) is 14.7 Å². The van der Waals surface area contributed by atoms with Crippen LogP contribution in [0.15, 0.2) is 24.3 Å². The Bertz CT molecular complexity index is 610. The number of rotatable bonds is 4. The largest absolute Gasteiger partial charge is 0.477 e. The molecule has 19 heavy (non-hydrogen) atoms. The van der Waals surface area contributed by atoms with E-state index in [1.165, 1.54) is 12.1 Å². The average molecular weight is 280 g/mol. The Morgan fingerprint density at radius 2 is 2.21 bits per heavy atom. The molecule has 1 aromatic heterocycles. The molecule has 0 atom stereocenters. The van der Waals surface area contributed by atoms with Gasteiger partial charge in [0.15, 0.2) is 0 Å². The molecule has 0 spiro atoms. The standard InChI is InChI=1S/C13H13FN2O2S/c1-16(2)7-10-15-11(12(19-10)13(17)18)8-4-3-5-9(14)6-8/h3-6H,7H2,1-2H3,(H,17,18). The highest BCUT2D eigenvalue weighted by Crippen LogP contribution is 2.29. The fraction of sp³-hybridized carbons (Fsp3) is 0.231. The van der Waals surface area contributed by atoms with Gasteiger partial charge in [0.1, 0.15) is 15.7 Å². The number of thiazole rings is 1. The molecule has 0 bridgehead atoms. The Balaban J connectivity index is 2.49. The van der Waals surface area contributed by atoms with Gasteiger partial charge in [-0.15, -0.1) is 11.3 Å². The quantitative estimate of drug-likeness (QED) is 0.935. The van der Waals surface area contributed by atoms with Gasteiger partial charge in [-0.1, -0.05) is 12.1 Å². The highest BCUT2D eigenvalue weighted by atomic mass is 32.1. The minimum atomic E-state index is -1.04. The molecule has 0 radical (unpaired) electrons. The van der Waals surface area contributed by atoms with Crippen LogP contribution in [0.5, 0.6) is 0 Å². The SMILES string of the molecule is CN(C)Cc1nc(-c2cccc(F)c2)c(C(=O)O)s1. The van der Waals surface area contributed by atoms with Gasteiger partial charge in [-0.05, 0) is 26.2 Å². The van der Waals surface area contributed by atoms with E-state index in [-0.39, 0.29) is 4.88 Å². The number of hydrogen-bond acceptors (Lipinski definition) is 4. The lowest BCUT2D eigenvalue weighted by atomic mass is 10.1. The van der Waals surface area contributed by atoms with Crippen LogP contribution >= 0.6 is 11.3 Å². The normalized spacial score (nSPS) is 10.9. The van der Waals surface area contributed by atoms with E-state index >= 15 is 0 Å². The summed E-state index contributed by atoms with van der Waals surface area (Å²) in [5.74, 6) is -1.45.